The van der Waals surface area contributed by atoms with Crippen molar-refractivity contribution in [3.05, 3.63) is 0 Å². The molecule has 0 rings (SSSR count). The molecule has 0 saturated heterocycles. The minimum absolute atomic E-state index is 0.00425. The van der Waals surface area contributed by atoms with Gasteiger partial charge >= 0.3 is 12.1 Å². The van der Waals surface area contributed by atoms with Crippen LogP contribution in [0, 0.1) is 0 Å². The van der Waals surface area contributed by atoms with Gasteiger partial charge in [0.2, 0.25) is 0 Å². The van der Waals surface area contributed by atoms with Gasteiger partial charge in [-0.15, -0.1) is 0 Å². The normalized spacial score (nSPS) is 13.5. The zero-order valence-electron chi connectivity index (χ0n) is 13.4. The third-order valence-corrected chi connectivity index (χ3v) is 5.50. The highest BCUT2D eigenvalue weighted by Crippen LogP contribution is 2.09. The minimum Gasteiger partial charge on any atom is -0.480 e. The number of ether oxygens (including phenoxy) is 1. The topological polar surface area (TPSA) is 110 Å². The van der Waals surface area contributed by atoms with Gasteiger partial charge in [0.1, 0.15) is 11.6 Å². The highest BCUT2D eigenvalue weighted by molar-refractivity contribution is 8.00. The van der Waals surface area contributed by atoms with Crippen molar-refractivity contribution in [2.24, 2.45) is 0 Å². The number of hydrogen-bond donors (Lipinski definition) is 2. The molecule has 0 radical (unpaired) electrons. The lowest BCUT2D eigenvalue weighted by molar-refractivity contribution is -0.138. The molecule has 1 atom stereocenters. The second kappa shape index (κ2) is 9.24. The van der Waals surface area contributed by atoms with Gasteiger partial charge in [0.05, 0.1) is 5.75 Å². The minimum atomic E-state index is -3.08. The fourth-order valence-corrected chi connectivity index (χ4v) is 4.37. The average Bonchev–Trinajstić information content (AvgIpc) is 2.30. The number of carboxylic acid groups (broad SMARTS) is 1. The van der Waals surface area contributed by atoms with Crippen LogP contribution in [-0.4, -0.2) is 60.2 Å². The molecule has 1 unspecified atom stereocenters. The maximum atomic E-state index is 11.5. The van der Waals surface area contributed by atoms with Crippen molar-refractivity contribution >= 4 is 33.7 Å². The Labute approximate surface area is 136 Å². The maximum absolute atomic E-state index is 11.5. The standard InChI is InChI=1S/C13H25NO6S2/c1-5-7-22(18,19)8-6-21-9-10(11(15)16)14-12(17)20-13(2,3)4/h10H,5-9H2,1-4H3,(H,14,17)(H,15,16). The van der Waals surface area contributed by atoms with E-state index in [9.17, 15) is 18.0 Å². The SMILES string of the molecule is CCCS(=O)(=O)CCSCC(NC(=O)OC(C)(C)C)C(=O)O. The predicted octanol–water partition coefficient (Wildman–Crippen LogP) is 1.52. The molecule has 1 amide bonds. The lowest BCUT2D eigenvalue weighted by Gasteiger charge is -2.21. The first kappa shape index (κ1) is 21.0. The molecule has 0 aromatic carbocycles. The molecule has 0 aromatic heterocycles. The number of nitrogens with one attached hydrogen (secondary N) is 1. The molecule has 9 heteroatoms. The molecule has 0 aliphatic rings. The summed E-state index contributed by atoms with van der Waals surface area (Å²) in [5, 5.41) is 11.3. The summed E-state index contributed by atoms with van der Waals surface area (Å²) in [6.07, 6.45) is -0.246. The van der Waals surface area contributed by atoms with Crippen molar-refractivity contribution in [2.75, 3.05) is 23.0 Å². The zero-order valence-corrected chi connectivity index (χ0v) is 15.1. The molecular formula is C13H25NO6S2. The van der Waals surface area contributed by atoms with Crippen molar-refractivity contribution in [3.63, 3.8) is 0 Å². The Bertz CT molecular complexity index is 469. The first-order valence-corrected chi connectivity index (χ1v) is 9.95. The number of hydrogen-bond acceptors (Lipinski definition) is 6. The summed E-state index contributed by atoms with van der Waals surface area (Å²) in [6.45, 7) is 6.82. The van der Waals surface area contributed by atoms with Crippen LogP contribution in [0.3, 0.4) is 0 Å². The van der Waals surface area contributed by atoms with Crippen LogP contribution in [0.2, 0.25) is 0 Å². The molecular weight excluding hydrogens is 330 g/mol. The number of aliphatic carboxylic acids is 1. The Hall–Kier alpha value is -0.960. The maximum Gasteiger partial charge on any atom is 0.408 e. The lowest BCUT2D eigenvalue weighted by Crippen LogP contribution is -2.45. The summed E-state index contributed by atoms with van der Waals surface area (Å²) in [4.78, 5) is 22.6. The molecule has 0 aliphatic heterocycles. The number of thioether (sulfide) groups is 1. The van der Waals surface area contributed by atoms with Crippen molar-refractivity contribution in [2.45, 2.75) is 45.8 Å². The Morgan fingerprint density at radius 2 is 1.86 bits per heavy atom. The molecule has 22 heavy (non-hydrogen) atoms. The summed E-state index contributed by atoms with van der Waals surface area (Å²) in [5.41, 5.74) is -0.714. The summed E-state index contributed by atoms with van der Waals surface area (Å²) in [7, 11) is -3.08. The van der Waals surface area contributed by atoms with Gasteiger partial charge in [-0.05, 0) is 27.2 Å². The van der Waals surface area contributed by atoms with Crippen LogP contribution in [0.5, 0.6) is 0 Å². The molecule has 0 bridgehead atoms. The Morgan fingerprint density at radius 3 is 2.32 bits per heavy atom. The summed E-state index contributed by atoms with van der Waals surface area (Å²) >= 11 is 1.17. The number of alkyl carbamates (subject to hydrolysis) is 1. The van der Waals surface area contributed by atoms with Crippen molar-refractivity contribution in [3.8, 4) is 0 Å². The van der Waals surface area contributed by atoms with Crippen molar-refractivity contribution in [1.82, 2.24) is 5.32 Å². The predicted molar refractivity (Wildman–Crippen MR) is 87.1 cm³/mol. The van der Waals surface area contributed by atoms with Gasteiger partial charge in [0.25, 0.3) is 0 Å². The highest BCUT2D eigenvalue weighted by atomic mass is 32.2. The van der Waals surface area contributed by atoms with Crippen LogP contribution in [-0.2, 0) is 19.4 Å². The second-order valence-electron chi connectivity index (χ2n) is 5.76. The van der Waals surface area contributed by atoms with Gasteiger partial charge in [-0.2, -0.15) is 11.8 Å². The van der Waals surface area contributed by atoms with E-state index in [1.807, 2.05) is 0 Å². The van der Waals surface area contributed by atoms with E-state index in [1.165, 1.54) is 11.8 Å². The van der Waals surface area contributed by atoms with Gasteiger partial charge in [-0.25, -0.2) is 18.0 Å². The average molecular weight is 355 g/mol. The van der Waals surface area contributed by atoms with Crippen LogP contribution in [0.1, 0.15) is 34.1 Å². The van der Waals surface area contributed by atoms with E-state index in [4.69, 9.17) is 9.84 Å². The summed E-state index contributed by atoms with van der Waals surface area (Å²) in [5.74, 6) is -0.677. The number of carbonyl (C=O) groups excluding carboxylic acids is 1. The lowest BCUT2D eigenvalue weighted by atomic mass is 10.2. The quantitative estimate of drug-likeness (QED) is 0.603. The highest BCUT2D eigenvalue weighted by Gasteiger charge is 2.24. The Balaban J connectivity index is 4.27. The number of carboxylic acids is 1. The van der Waals surface area contributed by atoms with E-state index < -0.39 is 33.5 Å². The van der Waals surface area contributed by atoms with Gasteiger partial charge < -0.3 is 15.2 Å². The fourth-order valence-electron chi connectivity index (χ4n) is 1.42. The molecule has 0 saturated carbocycles. The second-order valence-corrected chi connectivity index (χ2v) is 9.22. The van der Waals surface area contributed by atoms with Crippen molar-refractivity contribution < 1.29 is 27.9 Å². The Kier molecular flexibility index (Phi) is 8.84. The van der Waals surface area contributed by atoms with Crippen LogP contribution >= 0.6 is 11.8 Å². The number of sulfone groups is 1. The molecule has 0 aromatic rings. The Morgan fingerprint density at radius 1 is 1.27 bits per heavy atom. The fraction of sp³-hybridized carbons (Fsp3) is 0.846. The zero-order chi connectivity index (χ0) is 17.4. The van der Waals surface area contributed by atoms with E-state index >= 15 is 0 Å². The van der Waals surface area contributed by atoms with E-state index in [-0.39, 0.29) is 17.3 Å². The monoisotopic (exact) mass is 355 g/mol. The van der Waals surface area contributed by atoms with Gasteiger partial charge in [-0.1, -0.05) is 6.92 Å². The molecule has 0 aliphatic carbocycles. The molecule has 0 heterocycles. The van der Waals surface area contributed by atoms with E-state index in [0.717, 1.165) is 0 Å². The van der Waals surface area contributed by atoms with Crippen LogP contribution in [0.15, 0.2) is 0 Å². The summed E-state index contributed by atoms with van der Waals surface area (Å²) in [6, 6.07) is -1.12. The summed E-state index contributed by atoms with van der Waals surface area (Å²) < 4.78 is 28.0. The van der Waals surface area contributed by atoms with Crippen LogP contribution < -0.4 is 5.32 Å². The molecule has 2 N–H and O–H groups in total. The van der Waals surface area contributed by atoms with Gasteiger partial charge in [0.15, 0.2) is 9.84 Å². The van der Waals surface area contributed by atoms with Gasteiger partial charge in [0, 0.05) is 17.3 Å². The van der Waals surface area contributed by atoms with E-state index in [0.29, 0.717) is 12.2 Å². The number of rotatable bonds is 9. The van der Waals surface area contributed by atoms with Crippen molar-refractivity contribution in [1.29, 1.82) is 0 Å². The largest absolute Gasteiger partial charge is 0.480 e. The number of carbonyl (C=O) groups is 2. The first-order valence-electron chi connectivity index (χ1n) is 6.97. The van der Waals surface area contributed by atoms with Crippen LogP contribution in [0.4, 0.5) is 4.79 Å². The first-order chi connectivity index (χ1) is 9.97. The van der Waals surface area contributed by atoms with Gasteiger partial charge in [-0.3, -0.25) is 0 Å². The third-order valence-electron chi connectivity index (χ3n) is 2.33. The van der Waals surface area contributed by atoms with E-state index in [2.05, 4.69) is 5.32 Å². The number of amides is 1. The van der Waals surface area contributed by atoms with Crippen LogP contribution in [0.25, 0.3) is 0 Å². The smallest absolute Gasteiger partial charge is 0.408 e. The molecule has 130 valence electrons. The molecule has 0 fully saturated rings. The third kappa shape index (κ3) is 10.7. The molecule has 0 spiro atoms. The van der Waals surface area contributed by atoms with E-state index in [1.54, 1.807) is 27.7 Å². The molecule has 7 nitrogen and oxygen atoms in total.